The first-order valence-corrected chi connectivity index (χ1v) is 7.53. The Morgan fingerprint density at radius 1 is 1.05 bits per heavy atom. The van der Waals surface area contributed by atoms with E-state index < -0.39 is 0 Å². The largest absolute Gasteiger partial charge is 0.459 e. The summed E-state index contributed by atoms with van der Waals surface area (Å²) < 4.78 is 19.4. The lowest BCUT2D eigenvalue weighted by Crippen LogP contribution is -2.23. The van der Waals surface area contributed by atoms with Crippen LogP contribution in [-0.4, -0.2) is 12.1 Å². The fourth-order valence-electron chi connectivity index (χ4n) is 3.00. The van der Waals surface area contributed by atoms with E-state index in [0.29, 0.717) is 22.3 Å². The molecule has 2 aromatic rings. The predicted octanol–water partition coefficient (Wildman–Crippen LogP) is 4.71. The molecule has 110 valence electrons. The second-order valence-electron chi connectivity index (χ2n) is 5.93. The molecule has 0 atom stereocenters. The fourth-order valence-corrected chi connectivity index (χ4v) is 3.00. The fraction of sp³-hybridized carbons (Fsp3) is 0.389. The molecule has 21 heavy (non-hydrogen) atoms. The Balaban J connectivity index is 1.83. The van der Waals surface area contributed by atoms with Gasteiger partial charge in [-0.05, 0) is 49.1 Å². The van der Waals surface area contributed by atoms with Crippen molar-refractivity contribution in [2.45, 2.75) is 38.7 Å². The smallest absolute Gasteiger partial charge is 0.339 e. The topological polar surface area (TPSA) is 26.3 Å². The molecular weight excluding hydrogens is 267 g/mol. The zero-order valence-electron chi connectivity index (χ0n) is 12.1. The molecule has 0 bridgehead atoms. The van der Waals surface area contributed by atoms with Crippen LogP contribution in [0, 0.1) is 11.7 Å². The minimum atomic E-state index is -0.342. The molecule has 0 unspecified atom stereocenters. The second kappa shape index (κ2) is 5.84. The number of hydrogen-bond acceptors (Lipinski definition) is 2. The number of benzene rings is 2. The van der Waals surface area contributed by atoms with Gasteiger partial charge in [-0.2, -0.15) is 0 Å². The number of halogens is 1. The molecule has 2 nitrogen and oxygen atoms in total. The molecule has 3 heteroatoms. The molecule has 0 saturated heterocycles. The normalized spacial score (nSPS) is 22.2. The summed E-state index contributed by atoms with van der Waals surface area (Å²) in [4.78, 5) is 12.4. The summed E-state index contributed by atoms with van der Waals surface area (Å²) in [5.74, 6) is 0.0611. The maximum Gasteiger partial charge on any atom is 0.339 e. The number of carbonyl (C=O) groups excluding carboxylic acids is 1. The summed E-state index contributed by atoms with van der Waals surface area (Å²) in [6.07, 6.45) is 4.04. The van der Waals surface area contributed by atoms with Crippen LogP contribution >= 0.6 is 0 Å². The molecule has 0 spiro atoms. The third-order valence-electron chi connectivity index (χ3n) is 4.33. The molecule has 0 N–H and O–H groups in total. The highest BCUT2D eigenvalue weighted by atomic mass is 19.1. The molecule has 0 heterocycles. The van der Waals surface area contributed by atoms with Crippen molar-refractivity contribution in [2.75, 3.05) is 0 Å². The Morgan fingerprint density at radius 2 is 1.71 bits per heavy atom. The van der Waals surface area contributed by atoms with E-state index in [1.165, 1.54) is 12.1 Å². The molecule has 0 amide bonds. The van der Waals surface area contributed by atoms with Crippen molar-refractivity contribution in [1.82, 2.24) is 0 Å². The summed E-state index contributed by atoms with van der Waals surface area (Å²) in [6.45, 7) is 2.23. The van der Waals surface area contributed by atoms with Gasteiger partial charge in [-0.15, -0.1) is 0 Å². The standard InChI is InChI=1S/C18H19FO2/c1-12-6-8-13(9-7-12)21-18(20)16-10-11-17(19)15-5-3-2-4-14(15)16/h2-5,10-13H,6-9H2,1H3. The SMILES string of the molecule is CC1CCC(OC(=O)c2ccc(F)c3ccccc23)CC1. The Labute approximate surface area is 123 Å². The molecule has 1 aliphatic rings. The first-order chi connectivity index (χ1) is 10.1. The molecule has 3 rings (SSSR count). The van der Waals surface area contributed by atoms with Gasteiger partial charge in [-0.1, -0.05) is 31.2 Å². The van der Waals surface area contributed by atoms with Crippen molar-refractivity contribution in [1.29, 1.82) is 0 Å². The predicted molar refractivity (Wildman–Crippen MR) is 80.7 cm³/mol. The summed E-state index contributed by atoms with van der Waals surface area (Å²) in [5.41, 5.74) is 0.450. The molecule has 0 aromatic heterocycles. The van der Waals surface area contributed by atoms with Gasteiger partial charge in [0.1, 0.15) is 11.9 Å². The maximum atomic E-state index is 13.8. The van der Waals surface area contributed by atoms with Crippen molar-refractivity contribution in [3.63, 3.8) is 0 Å². The van der Waals surface area contributed by atoms with Crippen molar-refractivity contribution in [2.24, 2.45) is 5.92 Å². The van der Waals surface area contributed by atoms with Crippen LogP contribution < -0.4 is 0 Å². The van der Waals surface area contributed by atoms with Crippen LogP contribution in [0.5, 0.6) is 0 Å². The lowest BCUT2D eigenvalue weighted by atomic mass is 9.89. The Morgan fingerprint density at radius 3 is 2.43 bits per heavy atom. The molecular formula is C18H19FO2. The van der Waals surface area contributed by atoms with Gasteiger partial charge in [0.25, 0.3) is 0 Å². The molecule has 1 fully saturated rings. The van der Waals surface area contributed by atoms with Gasteiger partial charge in [0.05, 0.1) is 5.56 Å². The Hall–Kier alpha value is -1.90. The highest BCUT2D eigenvalue weighted by Gasteiger charge is 2.23. The van der Waals surface area contributed by atoms with E-state index in [0.717, 1.165) is 25.7 Å². The summed E-state index contributed by atoms with van der Waals surface area (Å²) in [6, 6.07) is 9.87. The van der Waals surface area contributed by atoms with Crippen molar-refractivity contribution >= 4 is 16.7 Å². The van der Waals surface area contributed by atoms with E-state index >= 15 is 0 Å². The first-order valence-electron chi connectivity index (χ1n) is 7.53. The molecule has 0 aliphatic heterocycles. The summed E-state index contributed by atoms with van der Waals surface area (Å²) in [5, 5.41) is 1.08. The minimum Gasteiger partial charge on any atom is -0.459 e. The van der Waals surface area contributed by atoms with Gasteiger partial charge in [-0.3, -0.25) is 0 Å². The lowest BCUT2D eigenvalue weighted by Gasteiger charge is -2.26. The first kappa shape index (κ1) is 14.1. The zero-order chi connectivity index (χ0) is 14.8. The summed E-state index contributed by atoms with van der Waals surface area (Å²) >= 11 is 0. The average molecular weight is 286 g/mol. The van der Waals surface area contributed by atoms with Crippen LogP contribution in [0.2, 0.25) is 0 Å². The minimum absolute atomic E-state index is 0.00230. The van der Waals surface area contributed by atoms with Crippen molar-refractivity contribution in [3.8, 4) is 0 Å². The Kier molecular flexibility index (Phi) is 3.91. The summed E-state index contributed by atoms with van der Waals surface area (Å²) in [7, 11) is 0. The van der Waals surface area contributed by atoms with Gasteiger partial charge in [0.2, 0.25) is 0 Å². The number of hydrogen-bond donors (Lipinski definition) is 0. The van der Waals surface area contributed by atoms with Crippen LogP contribution in [0.3, 0.4) is 0 Å². The van der Waals surface area contributed by atoms with Gasteiger partial charge in [0, 0.05) is 5.39 Å². The maximum absolute atomic E-state index is 13.8. The monoisotopic (exact) mass is 286 g/mol. The van der Waals surface area contributed by atoms with Gasteiger partial charge >= 0.3 is 5.97 Å². The van der Waals surface area contributed by atoms with E-state index in [2.05, 4.69) is 6.92 Å². The quantitative estimate of drug-likeness (QED) is 0.747. The highest BCUT2D eigenvalue weighted by molar-refractivity contribution is 6.04. The number of rotatable bonds is 2. The van der Waals surface area contributed by atoms with Crippen LogP contribution in [-0.2, 0) is 4.74 Å². The molecule has 1 aliphatic carbocycles. The van der Waals surface area contributed by atoms with Crippen LogP contribution in [0.15, 0.2) is 36.4 Å². The number of carbonyl (C=O) groups is 1. The highest BCUT2D eigenvalue weighted by Crippen LogP contribution is 2.28. The van der Waals surface area contributed by atoms with E-state index in [1.807, 2.05) is 0 Å². The van der Waals surface area contributed by atoms with Crippen molar-refractivity contribution < 1.29 is 13.9 Å². The number of fused-ring (bicyclic) bond motifs is 1. The van der Waals surface area contributed by atoms with Gasteiger partial charge in [-0.25, -0.2) is 9.18 Å². The van der Waals surface area contributed by atoms with Crippen LogP contribution in [0.1, 0.15) is 43.0 Å². The van der Waals surface area contributed by atoms with E-state index in [1.54, 1.807) is 24.3 Å². The number of ether oxygens (including phenoxy) is 1. The van der Waals surface area contributed by atoms with E-state index in [-0.39, 0.29) is 17.9 Å². The van der Waals surface area contributed by atoms with Gasteiger partial charge in [0.15, 0.2) is 0 Å². The molecule has 0 radical (unpaired) electrons. The lowest BCUT2D eigenvalue weighted by molar-refractivity contribution is 0.0176. The third-order valence-corrected chi connectivity index (χ3v) is 4.33. The van der Waals surface area contributed by atoms with E-state index in [4.69, 9.17) is 4.74 Å². The third kappa shape index (κ3) is 2.92. The van der Waals surface area contributed by atoms with E-state index in [9.17, 15) is 9.18 Å². The second-order valence-corrected chi connectivity index (χ2v) is 5.93. The van der Waals surface area contributed by atoms with Crippen molar-refractivity contribution in [3.05, 3.63) is 47.8 Å². The average Bonchev–Trinajstić information content (AvgIpc) is 2.50. The van der Waals surface area contributed by atoms with Crippen LogP contribution in [0.4, 0.5) is 4.39 Å². The number of esters is 1. The molecule has 2 aromatic carbocycles. The van der Waals surface area contributed by atoms with Crippen LogP contribution in [0.25, 0.3) is 10.8 Å². The van der Waals surface area contributed by atoms with Gasteiger partial charge < -0.3 is 4.74 Å². The zero-order valence-corrected chi connectivity index (χ0v) is 12.1. The molecule has 1 saturated carbocycles. The Bertz CT molecular complexity index is 657.